The molecule has 7 nitrogen and oxygen atoms in total. The molecule has 0 fully saturated rings. The molecule has 0 bridgehead atoms. The predicted octanol–water partition coefficient (Wildman–Crippen LogP) is 1.28. The van der Waals surface area contributed by atoms with Crippen molar-refractivity contribution < 1.29 is 9.47 Å². The summed E-state index contributed by atoms with van der Waals surface area (Å²) < 4.78 is 10.7. The van der Waals surface area contributed by atoms with Gasteiger partial charge in [-0.2, -0.15) is 0 Å². The number of aliphatic imine (C=N–C) groups is 1. The van der Waals surface area contributed by atoms with Gasteiger partial charge >= 0.3 is 0 Å². The van der Waals surface area contributed by atoms with Crippen LogP contribution in [-0.2, 0) is 0 Å². The van der Waals surface area contributed by atoms with Crippen LogP contribution in [0.1, 0.15) is 25.3 Å². The fourth-order valence-electron chi connectivity index (χ4n) is 2.24. The summed E-state index contributed by atoms with van der Waals surface area (Å²) in [6.07, 6.45) is 1.18. The Balaban J connectivity index is 2.41. The zero-order valence-corrected chi connectivity index (χ0v) is 13.3. The maximum Gasteiger partial charge on any atom is 0.194 e. The highest BCUT2D eigenvalue weighted by Gasteiger charge is 2.18. The van der Waals surface area contributed by atoms with E-state index in [1.54, 1.807) is 20.4 Å². The molecule has 6 N–H and O–H groups in total. The third-order valence-electron chi connectivity index (χ3n) is 3.44. The first-order valence-electron chi connectivity index (χ1n) is 7.04. The molecule has 0 amide bonds. The normalized spacial score (nSPS) is 17.5. The van der Waals surface area contributed by atoms with Gasteiger partial charge in [0.25, 0.3) is 0 Å². The lowest BCUT2D eigenvalue weighted by Gasteiger charge is -2.25. The Kier molecular flexibility index (Phi) is 4.77. The number of anilines is 1. The molecule has 0 radical (unpaired) electrons. The van der Waals surface area contributed by atoms with E-state index in [1.807, 2.05) is 12.1 Å². The van der Waals surface area contributed by atoms with Crippen molar-refractivity contribution in [2.45, 2.75) is 25.9 Å². The van der Waals surface area contributed by atoms with Crippen LogP contribution >= 0.6 is 0 Å². The average Bonchev–Trinajstić information content (AvgIpc) is 2.49. The van der Waals surface area contributed by atoms with E-state index in [1.165, 1.54) is 0 Å². The van der Waals surface area contributed by atoms with Gasteiger partial charge in [-0.3, -0.25) is 0 Å². The van der Waals surface area contributed by atoms with Crippen LogP contribution in [0.15, 0.2) is 29.0 Å². The van der Waals surface area contributed by atoms with Gasteiger partial charge in [0, 0.05) is 11.8 Å². The first-order valence-corrected chi connectivity index (χ1v) is 7.04. The van der Waals surface area contributed by atoms with Crippen molar-refractivity contribution in [2.75, 3.05) is 19.5 Å². The summed E-state index contributed by atoms with van der Waals surface area (Å²) in [7, 11) is 3.23. The fourth-order valence-corrected chi connectivity index (χ4v) is 2.24. The van der Waals surface area contributed by atoms with Crippen LogP contribution in [0.25, 0.3) is 0 Å². The number of ether oxygens (including phenoxy) is 2. The number of nitrogens with two attached hydrogens (primary N) is 2. The van der Waals surface area contributed by atoms with E-state index in [0.717, 1.165) is 16.9 Å². The minimum atomic E-state index is -0.439. The third kappa shape index (κ3) is 3.25. The van der Waals surface area contributed by atoms with E-state index in [2.05, 4.69) is 29.5 Å². The van der Waals surface area contributed by atoms with Crippen LogP contribution in [0, 0.1) is 0 Å². The molecule has 0 aliphatic carbocycles. The lowest BCUT2D eigenvalue weighted by molar-refractivity contribution is 0.354. The molecule has 22 heavy (non-hydrogen) atoms. The van der Waals surface area contributed by atoms with Crippen LogP contribution in [-0.4, -0.2) is 26.3 Å². The SMILES string of the molecule is COc1cc(NC2=CN=C(N)NC2N)c(C(C)C)cc1OC. The first kappa shape index (κ1) is 16.0. The van der Waals surface area contributed by atoms with E-state index in [-0.39, 0.29) is 0 Å². The number of hydrogen-bond donors (Lipinski definition) is 4. The van der Waals surface area contributed by atoms with Crippen LogP contribution < -0.4 is 31.6 Å². The quantitative estimate of drug-likeness (QED) is 0.653. The number of nitrogens with zero attached hydrogens (tertiary/aromatic N) is 1. The minimum absolute atomic E-state index is 0.296. The molecule has 0 saturated carbocycles. The maximum atomic E-state index is 6.01. The monoisotopic (exact) mass is 305 g/mol. The van der Waals surface area contributed by atoms with Crippen molar-refractivity contribution in [2.24, 2.45) is 16.5 Å². The highest BCUT2D eigenvalue weighted by molar-refractivity contribution is 5.80. The van der Waals surface area contributed by atoms with E-state index in [0.29, 0.717) is 23.4 Å². The molecule has 1 aromatic rings. The summed E-state index contributed by atoms with van der Waals surface area (Å²) >= 11 is 0. The second-order valence-corrected chi connectivity index (χ2v) is 5.29. The molecule has 7 heteroatoms. The van der Waals surface area contributed by atoms with Crippen molar-refractivity contribution in [3.8, 4) is 11.5 Å². The molecule has 120 valence electrons. The molecule has 0 aromatic heterocycles. The highest BCUT2D eigenvalue weighted by Crippen LogP contribution is 2.37. The highest BCUT2D eigenvalue weighted by atomic mass is 16.5. The molecule has 0 saturated heterocycles. The van der Waals surface area contributed by atoms with Crippen LogP contribution in [0.3, 0.4) is 0 Å². The molecule has 2 rings (SSSR count). The Bertz CT molecular complexity index is 610. The molecule has 1 aliphatic rings. The summed E-state index contributed by atoms with van der Waals surface area (Å²) in [4.78, 5) is 4.03. The number of benzene rings is 1. The molecule has 1 aromatic carbocycles. The van der Waals surface area contributed by atoms with Gasteiger partial charge < -0.3 is 31.6 Å². The summed E-state index contributed by atoms with van der Waals surface area (Å²) in [6.45, 7) is 4.21. The van der Waals surface area contributed by atoms with Gasteiger partial charge in [0.2, 0.25) is 0 Å². The Hall–Kier alpha value is -2.41. The summed E-state index contributed by atoms with van der Waals surface area (Å²) in [5, 5.41) is 6.17. The summed E-state index contributed by atoms with van der Waals surface area (Å²) in [5.74, 6) is 1.94. The van der Waals surface area contributed by atoms with Crippen LogP contribution in [0.5, 0.6) is 11.5 Å². The number of hydrogen-bond acceptors (Lipinski definition) is 7. The maximum absolute atomic E-state index is 6.01. The van der Waals surface area contributed by atoms with Gasteiger partial charge in [-0.15, -0.1) is 0 Å². The second kappa shape index (κ2) is 6.57. The van der Waals surface area contributed by atoms with E-state index in [9.17, 15) is 0 Å². The lowest BCUT2D eigenvalue weighted by atomic mass is 10.00. The van der Waals surface area contributed by atoms with Gasteiger partial charge in [-0.05, 0) is 17.5 Å². The molecule has 1 unspecified atom stereocenters. The smallest absolute Gasteiger partial charge is 0.194 e. The lowest BCUT2D eigenvalue weighted by Crippen LogP contribution is -2.49. The number of rotatable bonds is 5. The van der Waals surface area contributed by atoms with Gasteiger partial charge in [0.15, 0.2) is 17.5 Å². The van der Waals surface area contributed by atoms with Crippen molar-refractivity contribution in [3.05, 3.63) is 29.6 Å². The topological polar surface area (TPSA) is 107 Å². The minimum Gasteiger partial charge on any atom is -0.493 e. The van der Waals surface area contributed by atoms with Crippen molar-refractivity contribution in [1.29, 1.82) is 0 Å². The molecular formula is C15H23N5O2. The summed E-state index contributed by atoms with van der Waals surface area (Å²) in [6, 6.07) is 3.86. The fraction of sp³-hybridized carbons (Fsp3) is 0.400. The van der Waals surface area contributed by atoms with E-state index < -0.39 is 6.17 Å². The second-order valence-electron chi connectivity index (χ2n) is 5.29. The molecule has 1 heterocycles. The van der Waals surface area contributed by atoms with Gasteiger partial charge in [0.05, 0.1) is 26.1 Å². The molecule has 0 spiro atoms. The molecule has 1 atom stereocenters. The van der Waals surface area contributed by atoms with Crippen molar-refractivity contribution >= 4 is 11.6 Å². The molecule has 1 aliphatic heterocycles. The van der Waals surface area contributed by atoms with Crippen LogP contribution in [0.4, 0.5) is 5.69 Å². The largest absolute Gasteiger partial charge is 0.493 e. The Morgan fingerprint density at radius 1 is 1.23 bits per heavy atom. The Morgan fingerprint density at radius 3 is 2.41 bits per heavy atom. The Morgan fingerprint density at radius 2 is 1.86 bits per heavy atom. The van der Waals surface area contributed by atoms with Gasteiger partial charge in [0.1, 0.15) is 6.17 Å². The number of nitrogens with one attached hydrogen (secondary N) is 2. The van der Waals surface area contributed by atoms with Gasteiger partial charge in [-0.25, -0.2) is 4.99 Å². The predicted molar refractivity (Wildman–Crippen MR) is 88.1 cm³/mol. The van der Waals surface area contributed by atoms with Crippen molar-refractivity contribution in [1.82, 2.24) is 5.32 Å². The van der Waals surface area contributed by atoms with E-state index >= 15 is 0 Å². The third-order valence-corrected chi connectivity index (χ3v) is 3.44. The number of methoxy groups -OCH3 is 2. The average molecular weight is 305 g/mol. The number of guanidine groups is 1. The van der Waals surface area contributed by atoms with E-state index in [4.69, 9.17) is 20.9 Å². The Labute approximate surface area is 130 Å². The molecular weight excluding hydrogens is 282 g/mol. The zero-order chi connectivity index (χ0) is 16.3. The first-order chi connectivity index (χ1) is 10.5. The van der Waals surface area contributed by atoms with Gasteiger partial charge in [-0.1, -0.05) is 13.8 Å². The zero-order valence-electron chi connectivity index (χ0n) is 13.3. The summed E-state index contributed by atoms with van der Waals surface area (Å²) in [5.41, 5.74) is 14.3. The van der Waals surface area contributed by atoms with Crippen LogP contribution in [0.2, 0.25) is 0 Å². The standard InChI is InChI=1S/C15H23N5O2/c1-8(2)9-5-12(21-3)13(22-4)6-10(9)19-11-7-18-15(17)20-14(11)16/h5-8,14,19H,16H2,1-4H3,(H3,17,18,20). The van der Waals surface area contributed by atoms with Crippen molar-refractivity contribution in [3.63, 3.8) is 0 Å².